The monoisotopic (exact) mass is 595 g/mol. The van der Waals surface area contributed by atoms with Gasteiger partial charge in [-0.15, -0.1) is 11.8 Å². The molecular formula is C29H27INOPS. The van der Waals surface area contributed by atoms with Crippen LogP contribution in [0.15, 0.2) is 132 Å². The average Bonchev–Trinajstić information content (AvgIpc) is 2.90. The van der Waals surface area contributed by atoms with Gasteiger partial charge in [-0.2, -0.15) is 0 Å². The Labute approximate surface area is 224 Å². The first-order valence-corrected chi connectivity index (χ1v) is 13.8. The second-order valence-electron chi connectivity index (χ2n) is 7.46. The molecule has 0 aliphatic heterocycles. The van der Waals surface area contributed by atoms with Crippen molar-refractivity contribution in [3.8, 4) is 0 Å². The molecule has 0 radical (unpaired) electrons. The van der Waals surface area contributed by atoms with Gasteiger partial charge in [0, 0.05) is 11.0 Å². The molecule has 0 heterocycles. The molecule has 4 aromatic rings. The van der Waals surface area contributed by atoms with Crippen molar-refractivity contribution in [1.82, 2.24) is 5.32 Å². The lowest BCUT2D eigenvalue weighted by Crippen LogP contribution is -3.00. The predicted molar refractivity (Wildman–Crippen MR) is 145 cm³/mol. The van der Waals surface area contributed by atoms with Gasteiger partial charge in [0.2, 0.25) is 0 Å². The highest BCUT2D eigenvalue weighted by Gasteiger charge is 2.50. The van der Waals surface area contributed by atoms with Gasteiger partial charge in [0.15, 0.2) is 12.7 Å². The molecule has 0 fully saturated rings. The molecule has 0 aromatic heterocycles. The lowest BCUT2D eigenvalue weighted by Gasteiger charge is -2.29. The van der Waals surface area contributed by atoms with E-state index in [4.69, 9.17) is 0 Å². The number of hydrogen-bond acceptors (Lipinski definition) is 2. The number of thioether (sulfide) groups is 1. The molecule has 0 bridgehead atoms. The normalized spacial score (nSPS) is 11.4. The standard InChI is InChI=1S/C29H26NOPS.HI/c1-2-33-23-28(30-29(31)24-15-7-3-8-16-24)32(25-17-9-4-10-18-25,26-19-11-5-12-20-26)27-21-13-6-14-22-27;/h3-23H,2H2,1H3;1H/b28-23-;. The highest BCUT2D eigenvalue weighted by molar-refractivity contribution is 8.04. The van der Waals surface area contributed by atoms with Crippen molar-refractivity contribution in [2.24, 2.45) is 0 Å². The van der Waals surface area contributed by atoms with Crippen LogP contribution in [0.25, 0.3) is 0 Å². The number of carbonyl (C=O) groups excluding carboxylic acids is 1. The number of rotatable bonds is 8. The summed E-state index contributed by atoms with van der Waals surface area (Å²) in [4.78, 5) is 13.4. The van der Waals surface area contributed by atoms with E-state index < -0.39 is 7.26 Å². The minimum Gasteiger partial charge on any atom is -1.00 e. The Bertz CT molecular complexity index is 1110. The number of halogens is 1. The largest absolute Gasteiger partial charge is 1.00 e. The van der Waals surface area contributed by atoms with Gasteiger partial charge in [0.05, 0.1) is 0 Å². The molecule has 0 unspecified atom stereocenters. The van der Waals surface area contributed by atoms with Gasteiger partial charge in [-0.1, -0.05) is 79.7 Å². The van der Waals surface area contributed by atoms with Crippen molar-refractivity contribution >= 4 is 40.8 Å². The fraction of sp³-hybridized carbons (Fsp3) is 0.0690. The Hall–Kier alpha value is -2.40. The van der Waals surface area contributed by atoms with E-state index in [2.05, 4.69) is 90.4 Å². The zero-order valence-corrected chi connectivity index (χ0v) is 22.8. The number of carbonyl (C=O) groups is 1. The van der Waals surface area contributed by atoms with Crippen LogP contribution in [0, 0.1) is 0 Å². The minimum atomic E-state index is -2.36. The molecule has 0 spiro atoms. The molecule has 1 amide bonds. The van der Waals surface area contributed by atoms with E-state index in [1.54, 1.807) is 11.8 Å². The Morgan fingerprint density at radius 2 is 1.09 bits per heavy atom. The first kappa shape index (κ1) is 26.2. The summed E-state index contributed by atoms with van der Waals surface area (Å²) in [7, 11) is -2.36. The maximum Gasteiger partial charge on any atom is 0.258 e. The third-order valence-corrected chi connectivity index (χ3v) is 10.5. The third-order valence-electron chi connectivity index (χ3n) is 5.43. The SMILES string of the molecule is CCS/C=C(/NC(=O)c1ccccc1)[P+](c1ccccc1)(c1ccccc1)c1ccccc1.[I-]. The summed E-state index contributed by atoms with van der Waals surface area (Å²) in [6, 6.07) is 41.2. The molecule has 172 valence electrons. The van der Waals surface area contributed by atoms with Gasteiger partial charge in [0.1, 0.15) is 15.9 Å². The highest BCUT2D eigenvalue weighted by atomic mass is 127. The van der Waals surface area contributed by atoms with Crippen LogP contribution in [0.2, 0.25) is 0 Å². The molecule has 0 aliphatic carbocycles. The van der Waals surface area contributed by atoms with Crippen LogP contribution < -0.4 is 45.2 Å². The lowest BCUT2D eigenvalue weighted by atomic mass is 10.2. The molecule has 1 N–H and O–H groups in total. The van der Waals surface area contributed by atoms with E-state index in [1.165, 1.54) is 15.9 Å². The smallest absolute Gasteiger partial charge is 0.258 e. The van der Waals surface area contributed by atoms with Gasteiger partial charge in [0.25, 0.3) is 5.91 Å². The summed E-state index contributed by atoms with van der Waals surface area (Å²) in [6.07, 6.45) is 0. The lowest BCUT2D eigenvalue weighted by molar-refractivity contribution is -0.0000146. The van der Waals surface area contributed by atoms with Crippen molar-refractivity contribution in [3.63, 3.8) is 0 Å². The molecule has 0 saturated carbocycles. The van der Waals surface area contributed by atoms with Crippen molar-refractivity contribution in [3.05, 3.63) is 138 Å². The Morgan fingerprint density at radius 3 is 1.47 bits per heavy atom. The molecule has 0 atom stereocenters. The molecule has 4 aromatic carbocycles. The first-order chi connectivity index (χ1) is 16.3. The van der Waals surface area contributed by atoms with Gasteiger partial charge in [-0.3, -0.25) is 10.1 Å². The third kappa shape index (κ3) is 5.63. The summed E-state index contributed by atoms with van der Waals surface area (Å²) in [5.74, 6) is 0.828. The molecular weight excluding hydrogens is 568 g/mol. The van der Waals surface area contributed by atoms with E-state index in [0.717, 1.165) is 11.2 Å². The number of benzene rings is 4. The molecule has 0 aliphatic rings. The van der Waals surface area contributed by atoms with Crippen molar-refractivity contribution < 1.29 is 28.8 Å². The second-order valence-corrected chi connectivity index (χ2v) is 12.0. The summed E-state index contributed by atoms with van der Waals surface area (Å²) in [5.41, 5.74) is 1.60. The van der Waals surface area contributed by atoms with Gasteiger partial charge < -0.3 is 24.0 Å². The zero-order valence-electron chi connectivity index (χ0n) is 19.0. The number of nitrogens with one attached hydrogen (secondary N) is 1. The molecule has 0 saturated heterocycles. The van der Waals surface area contributed by atoms with Crippen molar-refractivity contribution in [1.29, 1.82) is 0 Å². The summed E-state index contributed by atoms with van der Waals surface area (Å²) >= 11 is 1.72. The van der Waals surface area contributed by atoms with Gasteiger partial charge in [-0.25, -0.2) is 0 Å². The maximum absolute atomic E-state index is 13.4. The summed E-state index contributed by atoms with van der Waals surface area (Å²) < 4.78 is 0. The van der Waals surface area contributed by atoms with Crippen molar-refractivity contribution in [2.45, 2.75) is 6.92 Å². The van der Waals surface area contributed by atoms with Crippen LogP contribution in [-0.2, 0) is 0 Å². The fourth-order valence-corrected chi connectivity index (χ4v) is 9.05. The van der Waals surface area contributed by atoms with E-state index in [0.29, 0.717) is 5.56 Å². The number of hydrogen-bond donors (Lipinski definition) is 1. The van der Waals surface area contributed by atoms with Gasteiger partial charge in [-0.05, 0) is 54.3 Å². The average molecular weight is 595 g/mol. The van der Waals surface area contributed by atoms with E-state index in [1.807, 2.05) is 48.5 Å². The first-order valence-electron chi connectivity index (χ1n) is 11.0. The van der Waals surface area contributed by atoms with Crippen LogP contribution in [0.4, 0.5) is 0 Å². The van der Waals surface area contributed by atoms with Crippen LogP contribution in [-0.4, -0.2) is 11.7 Å². The Balaban J connectivity index is 0.00000324. The van der Waals surface area contributed by atoms with E-state index in [-0.39, 0.29) is 29.9 Å². The Morgan fingerprint density at radius 1 is 0.706 bits per heavy atom. The van der Waals surface area contributed by atoms with E-state index >= 15 is 0 Å². The minimum absolute atomic E-state index is 0. The predicted octanol–water partition coefficient (Wildman–Crippen LogP) is 2.97. The maximum atomic E-state index is 13.4. The van der Waals surface area contributed by atoms with Crippen LogP contribution >= 0.6 is 19.0 Å². The van der Waals surface area contributed by atoms with Gasteiger partial charge >= 0.3 is 0 Å². The molecule has 34 heavy (non-hydrogen) atoms. The summed E-state index contributed by atoms with van der Waals surface area (Å²) in [5, 5.41) is 9.13. The quantitative estimate of drug-likeness (QED) is 0.251. The highest BCUT2D eigenvalue weighted by Crippen LogP contribution is 2.61. The number of amides is 1. The molecule has 4 rings (SSSR count). The molecule has 2 nitrogen and oxygen atoms in total. The van der Waals surface area contributed by atoms with Crippen LogP contribution in [0.5, 0.6) is 0 Å². The topological polar surface area (TPSA) is 29.1 Å². The van der Waals surface area contributed by atoms with Crippen LogP contribution in [0.1, 0.15) is 17.3 Å². The molecule has 5 heteroatoms. The van der Waals surface area contributed by atoms with Crippen molar-refractivity contribution in [2.75, 3.05) is 5.75 Å². The Kier molecular flexibility index (Phi) is 9.94. The zero-order chi connectivity index (χ0) is 22.9. The second kappa shape index (κ2) is 12.9. The van der Waals surface area contributed by atoms with Crippen LogP contribution in [0.3, 0.4) is 0 Å². The summed E-state index contributed by atoms with van der Waals surface area (Å²) in [6.45, 7) is 2.13. The van der Waals surface area contributed by atoms with E-state index in [9.17, 15) is 4.79 Å². The fourth-order valence-electron chi connectivity index (χ4n) is 3.95.